The van der Waals surface area contributed by atoms with E-state index in [0.29, 0.717) is 18.2 Å². The predicted octanol–water partition coefficient (Wildman–Crippen LogP) is 2.34. The molecule has 0 saturated carbocycles. The van der Waals surface area contributed by atoms with Gasteiger partial charge in [-0.3, -0.25) is 5.32 Å². The molecule has 0 bridgehead atoms. The van der Waals surface area contributed by atoms with E-state index in [2.05, 4.69) is 5.32 Å². The molecule has 1 unspecified atom stereocenters. The minimum Gasteiger partial charge on any atom is -0.478 e. The number of rotatable bonds is 6. The van der Waals surface area contributed by atoms with Gasteiger partial charge in [0.05, 0.1) is 18.2 Å². The van der Waals surface area contributed by atoms with E-state index in [9.17, 15) is 9.59 Å². The Bertz CT molecular complexity index is 447. The number of aromatic carboxylic acids is 1. The van der Waals surface area contributed by atoms with E-state index < -0.39 is 5.97 Å². The number of carbonyl (C=O) groups is 2. The van der Waals surface area contributed by atoms with Gasteiger partial charge in [-0.05, 0) is 25.3 Å². The van der Waals surface area contributed by atoms with Crippen LogP contribution < -0.4 is 5.32 Å². The Morgan fingerprint density at radius 3 is 2.79 bits per heavy atom. The van der Waals surface area contributed by atoms with Crippen molar-refractivity contribution in [2.24, 2.45) is 0 Å². The van der Waals surface area contributed by atoms with Crippen molar-refractivity contribution in [1.82, 2.24) is 4.90 Å². The minimum absolute atomic E-state index is 0.0803. The van der Waals surface area contributed by atoms with Crippen molar-refractivity contribution >= 4 is 28.3 Å². The zero-order valence-electron chi connectivity index (χ0n) is 11.2. The molecule has 7 heteroatoms. The first-order chi connectivity index (χ1) is 9.01. The van der Waals surface area contributed by atoms with Crippen LogP contribution in [-0.2, 0) is 4.74 Å². The van der Waals surface area contributed by atoms with Gasteiger partial charge in [-0.25, -0.2) is 9.59 Å². The largest absolute Gasteiger partial charge is 0.478 e. The van der Waals surface area contributed by atoms with Crippen molar-refractivity contribution in [3.63, 3.8) is 0 Å². The standard InChI is InChI=1S/C12H18N2O4S/c1-4-14(8(2)7-18-3)12(17)13-10-9(11(15)16)5-6-19-10/h5-6,8H,4,7H2,1-3H3,(H,13,17)(H,15,16). The third-order valence-electron chi connectivity index (χ3n) is 2.66. The molecule has 106 valence electrons. The molecule has 1 atom stereocenters. The van der Waals surface area contributed by atoms with Crippen LogP contribution in [0.3, 0.4) is 0 Å². The van der Waals surface area contributed by atoms with E-state index in [-0.39, 0.29) is 17.6 Å². The maximum atomic E-state index is 12.1. The molecule has 1 aromatic heterocycles. The number of methoxy groups -OCH3 is 1. The summed E-state index contributed by atoms with van der Waals surface area (Å²) in [5.41, 5.74) is 0.105. The molecule has 19 heavy (non-hydrogen) atoms. The molecule has 0 aliphatic rings. The van der Waals surface area contributed by atoms with Gasteiger partial charge in [0.1, 0.15) is 5.00 Å². The Kier molecular flexibility index (Phi) is 5.78. The van der Waals surface area contributed by atoms with Gasteiger partial charge < -0.3 is 14.7 Å². The average Bonchev–Trinajstić information content (AvgIpc) is 2.78. The van der Waals surface area contributed by atoms with Crippen LogP contribution in [0.15, 0.2) is 11.4 Å². The summed E-state index contributed by atoms with van der Waals surface area (Å²) < 4.78 is 5.02. The summed E-state index contributed by atoms with van der Waals surface area (Å²) in [6.45, 7) is 4.68. The molecule has 0 aliphatic heterocycles. The number of urea groups is 1. The summed E-state index contributed by atoms with van der Waals surface area (Å²) in [4.78, 5) is 24.7. The summed E-state index contributed by atoms with van der Waals surface area (Å²) in [5, 5.41) is 13.6. The topological polar surface area (TPSA) is 78.9 Å². The highest BCUT2D eigenvalue weighted by Crippen LogP contribution is 2.23. The Morgan fingerprint density at radius 1 is 1.58 bits per heavy atom. The molecule has 0 saturated heterocycles. The van der Waals surface area contributed by atoms with E-state index >= 15 is 0 Å². The van der Waals surface area contributed by atoms with Gasteiger partial charge in [0.2, 0.25) is 0 Å². The lowest BCUT2D eigenvalue weighted by Gasteiger charge is -2.27. The predicted molar refractivity (Wildman–Crippen MR) is 74.0 cm³/mol. The van der Waals surface area contributed by atoms with E-state index in [4.69, 9.17) is 9.84 Å². The normalized spacial score (nSPS) is 11.9. The molecule has 0 fully saturated rings. The number of anilines is 1. The number of carboxylic acid groups (broad SMARTS) is 1. The Labute approximate surface area is 116 Å². The highest BCUT2D eigenvalue weighted by atomic mass is 32.1. The third kappa shape index (κ3) is 3.93. The first kappa shape index (κ1) is 15.5. The van der Waals surface area contributed by atoms with Crippen LogP contribution in [0.1, 0.15) is 24.2 Å². The molecule has 1 heterocycles. The molecular weight excluding hydrogens is 268 g/mol. The van der Waals surface area contributed by atoms with Crippen molar-refractivity contribution in [3.8, 4) is 0 Å². The Hall–Kier alpha value is -1.60. The van der Waals surface area contributed by atoms with Gasteiger partial charge in [-0.2, -0.15) is 0 Å². The lowest BCUT2D eigenvalue weighted by atomic mass is 10.3. The molecule has 0 aliphatic carbocycles. The van der Waals surface area contributed by atoms with Crippen molar-refractivity contribution in [1.29, 1.82) is 0 Å². The van der Waals surface area contributed by atoms with Crippen LogP contribution >= 0.6 is 11.3 Å². The number of carbonyl (C=O) groups excluding carboxylic acids is 1. The quantitative estimate of drug-likeness (QED) is 0.841. The second-order valence-electron chi connectivity index (χ2n) is 3.99. The lowest BCUT2D eigenvalue weighted by Crippen LogP contribution is -2.43. The first-order valence-electron chi connectivity index (χ1n) is 5.88. The van der Waals surface area contributed by atoms with Gasteiger partial charge in [-0.15, -0.1) is 11.3 Å². The lowest BCUT2D eigenvalue weighted by molar-refractivity contribution is 0.0698. The second kappa shape index (κ2) is 7.10. The van der Waals surface area contributed by atoms with Crippen molar-refractivity contribution in [2.45, 2.75) is 19.9 Å². The van der Waals surface area contributed by atoms with Gasteiger partial charge >= 0.3 is 12.0 Å². The first-order valence-corrected chi connectivity index (χ1v) is 6.76. The van der Waals surface area contributed by atoms with Gasteiger partial charge in [0.25, 0.3) is 0 Å². The maximum Gasteiger partial charge on any atom is 0.338 e. The molecule has 1 rings (SSSR count). The zero-order chi connectivity index (χ0) is 14.4. The Balaban J connectivity index is 2.77. The number of nitrogens with zero attached hydrogens (tertiary/aromatic N) is 1. The number of amides is 2. The fourth-order valence-corrected chi connectivity index (χ4v) is 2.50. The highest BCUT2D eigenvalue weighted by Gasteiger charge is 2.21. The number of hydrogen-bond donors (Lipinski definition) is 2. The molecule has 0 aromatic carbocycles. The van der Waals surface area contributed by atoms with Gasteiger partial charge in [-0.1, -0.05) is 0 Å². The second-order valence-corrected chi connectivity index (χ2v) is 4.91. The summed E-state index contributed by atoms with van der Waals surface area (Å²) in [7, 11) is 1.57. The fourth-order valence-electron chi connectivity index (χ4n) is 1.73. The summed E-state index contributed by atoms with van der Waals surface area (Å²) >= 11 is 1.19. The fraction of sp³-hybridized carbons (Fsp3) is 0.500. The van der Waals surface area contributed by atoms with Gasteiger partial charge in [0.15, 0.2) is 0 Å². The van der Waals surface area contributed by atoms with E-state index in [1.807, 2.05) is 13.8 Å². The van der Waals surface area contributed by atoms with Crippen LogP contribution in [0.2, 0.25) is 0 Å². The van der Waals surface area contributed by atoms with Crippen LogP contribution in [-0.4, -0.2) is 48.3 Å². The average molecular weight is 286 g/mol. The number of thiophene rings is 1. The van der Waals surface area contributed by atoms with Crippen molar-refractivity contribution in [2.75, 3.05) is 25.6 Å². The summed E-state index contributed by atoms with van der Waals surface area (Å²) in [6, 6.07) is 1.07. The smallest absolute Gasteiger partial charge is 0.338 e. The number of ether oxygens (including phenoxy) is 1. The molecular formula is C12H18N2O4S. The molecule has 6 nitrogen and oxygen atoms in total. The summed E-state index contributed by atoms with van der Waals surface area (Å²) in [5.74, 6) is -1.05. The third-order valence-corrected chi connectivity index (χ3v) is 3.49. The van der Waals surface area contributed by atoms with Gasteiger partial charge in [0, 0.05) is 13.7 Å². The number of likely N-dealkylation sites (N-methyl/N-ethyl adjacent to an activating group) is 1. The zero-order valence-corrected chi connectivity index (χ0v) is 12.0. The van der Waals surface area contributed by atoms with Crippen molar-refractivity contribution in [3.05, 3.63) is 17.0 Å². The number of carboxylic acids is 1. The molecule has 1 aromatic rings. The van der Waals surface area contributed by atoms with Crippen LogP contribution in [0.25, 0.3) is 0 Å². The van der Waals surface area contributed by atoms with E-state index in [1.54, 1.807) is 17.4 Å². The maximum absolute atomic E-state index is 12.1. The SMILES string of the molecule is CCN(C(=O)Nc1sccc1C(=O)O)C(C)COC. The van der Waals surface area contributed by atoms with E-state index in [1.165, 1.54) is 17.4 Å². The number of nitrogens with one attached hydrogen (secondary N) is 1. The van der Waals surface area contributed by atoms with Crippen LogP contribution in [0.4, 0.5) is 9.80 Å². The van der Waals surface area contributed by atoms with Crippen molar-refractivity contribution < 1.29 is 19.4 Å². The Morgan fingerprint density at radius 2 is 2.26 bits per heavy atom. The molecule has 0 radical (unpaired) electrons. The van der Waals surface area contributed by atoms with Crippen LogP contribution in [0, 0.1) is 0 Å². The minimum atomic E-state index is -1.05. The monoisotopic (exact) mass is 286 g/mol. The van der Waals surface area contributed by atoms with Crippen LogP contribution in [0.5, 0.6) is 0 Å². The molecule has 2 N–H and O–H groups in total. The van der Waals surface area contributed by atoms with E-state index in [0.717, 1.165) is 0 Å². The molecule has 2 amide bonds. The highest BCUT2D eigenvalue weighted by molar-refractivity contribution is 7.14. The summed E-state index contributed by atoms with van der Waals surface area (Å²) in [6.07, 6.45) is 0. The molecule has 0 spiro atoms. The number of hydrogen-bond acceptors (Lipinski definition) is 4.